The molecule has 102 valence electrons. The summed E-state index contributed by atoms with van der Waals surface area (Å²) in [5, 5.41) is 7.76. The molecule has 0 unspecified atom stereocenters. The van der Waals surface area contributed by atoms with Gasteiger partial charge in [0.1, 0.15) is 9.88 Å². The van der Waals surface area contributed by atoms with Gasteiger partial charge in [0.15, 0.2) is 0 Å². The average Bonchev–Trinajstić information content (AvgIpc) is 2.95. The van der Waals surface area contributed by atoms with Crippen LogP contribution in [0.2, 0.25) is 0 Å². The summed E-state index contributed by atoms with van der Waals surface area (Å²) in [6.07, 6.45) is 4.40. The first-order valence-electron chi connectivity index (χ1n) is 6.06. The molecule has 2 rings (SSSR count). The van der Waals surface area contributed by atoms with Crippen LogP contribution in [0.5, 0.6) is 0 Å². The third-order valence-electron chi connectivity index (χ3n) is 2.62. The molecule has 3 N–H and O–H groups in total. The summed E-state index contributed by atoms with van der Waals surface area (Å²) in [5.41, 5.74) is 7.07. The van der Waals surface area contributed by atoms with Crippen molar-refractivity contribution in [3.8, 4) is 10.6 Å². The van der Waals surface area contributed by atoms with Crippen LogP contribution in [0.15, 0.2) is 12.4 Å². The van der Waals surface area contributed by atoms with Crippen molar-refractivity contribution in [1.29, 1.82) is 0 Å². The minimum atomic E-state index is -0.0846. The molecular weight excluding hydrogens is 262 g/mol. The van der Waals surface area contributed by atoms with Crippen molar-refractivity contribution in [1.82, 2.24) is 20.1 Å². The van der Waals surface area contributed by atoms with Crippen molar-refractivity contribution in [3.63, 3.8) is 0 Å². The second kappa shape index (κ2) is 5.94. The lowest BCUT2D eigenvalue weighted by atomic mass is 10.3. The minimum absolute atomic E-state index is 0.0846. The Hall–Kier alpha value is -1.73. The van der Waals surface area contributed by atoms with Gasteiger partial charge in [0.25, 0.3) is 5.91 Å². The third-order valence-corrected chi connectivity index (χ3v) is 3.83. The van der Waals surface area contributed by atoms with E-state index < -0.39 is 0 Å². The van der Waals surface area contributed by atoms with Crippen molar-refractivity contribution in [2.45, 2.75) is 13.3 Å². The Morgan fingerprint density at radius 3 is 3.00 bits per heavy atom. The van der Waals surface area contributed by atoms with E-state index in [1.165, 1.54) is 11.3 Å². The Morgan fingerprint density at radius 2 is 2.37 bits per heavy atom. The smallest absolute Gasteiger partial charge is 0.263 e. The van der Waals surface area contributed by atoms with E-state index in [-0.39, 0.29) is 5.91 Å². The van der Waals surface area contributed by atoms with Crippen LogP contribution in [0.25, 0.3) is 10.6 Å². The molecule has 7 heteroatoms. The molecular formula is C12H17N5OS. The van der Waals surface area contributed by atoms with Gasteiger partial charge in [0, 0.05) is 25.4 Å². The molecule has 2 heterocycles. The van der Waals surface area contributed by atoms with Crippen molar-refractivity contribution < 1.29 is 4.79 Å². The number of rotatable bonds is 5. The van der Waals surface area contributed by atoms with E-state index in [0.29, 0.717) is 18.0 Å². The fraction of sp³-hybridized carbons (Fsp3) is 0.417. The summed E-state index contributed by atoms with van der Waals surface area (Å²) < 4.78 is 1.72. The van der Waals surface area contributed by atoms with Gasteiger partial charge < -0.3 is 11.1 Å². The van der Waals surface area contributed by atoms with E-state index in [2.05, 4.69) is 15.4 Å². The van der Waals surface area contributed by atoms with Crippen LogP contribution in [-0.4, -0.2) is 33.8 Å². The molecule has 0 saturated heterocycles. The van der Waals surface area contributed by atoms with E-state index in [4.69, 9.17) is 5.73 Å². The summed E-state index contributed by atoms with van der Waals surface area (Å²) in [6.45, 7) is 3.01. The van der Waals surface area contributed by atoms with Crippen molar-refractivity contribution >= 4 is 17.2 Å². The lowest BCUT2D eigenvalue weighted by molar-refractivity contribution is 0.0957. The molecule has 1 amide bonds. The van der Waals surface area contributed by atoms with E-state index in [0.717, 1.165) is 22.7 Å². The maximum absolute atomic E-state index is 12.0. The molecule has 0 fully saturated rings. The standard InChI is InChI=1S/C12H17N5OS/c1-8-10(11(18)14-5-3-4-13)19-12(16-8)9-6-15-17(2)7-9/h6-7H,3-5,13H2,1-2H3,(H,14,18). The summed E-state index contributed by atoms with van der Waals surface area (Å²) >= 11 is 1.38. The molecule has 6 nitrogen and oxygen atoms in total. The zero-order valence-electron chi connectivity index (χ0n) is 11.0. The van der Waals surface area contributed by atoms with Crippen LogP contribution in [0.4, 0.5) is 0 Å². The zero-order chi connectivity index (χ0) is 13.8. The highest BCUT2D eigenvalue weighted by Gasteiger charge is 2.16. The Balaban J connectivity index is 2.14. The van der Waals surface area contributed by atoms with Crippen LogP contribution >= 0.6 is 11.3 Å². The summed E-state index contributed by atoms with van der Waals surface area (Å²) in [7, 11) is 1.85. The van der Waals surface area contributed by atoms with E-state index >= 15 is 0 Å². The van der Waals surface area contributed by atoms with Crippen LogP contribution in [0, 0.1) is 6.92 Å². The zero-order valence-corrected chi connectivity index (χ0v) is 11.8. The normalized spacial score (nSPS) is 10.7. The molecule has 2 aromatic heterocycles. The molecule has 0 aromatic carbocycles. The molecule has 0 radical (unpaired) electrons. The number of hydrogen-bond donors (Lipinski definition) is 2. The Morgan fingerprint density at radius 1 is 1.58 bits per heavy atom. The molecule has 0 saturated carbocycles. The highest BCUT2D eigenvalue weighted by Crippen LogP contribution is 2.27. The SMILES string of the molecule is Cc1nc(-c2cnn(C)c2)sc1C(=O)NCCCN. The maximum atomic E-state index is 12.0. The predicted octanol–water partition coefficient (Wildman–Crippen LogP) is 0.931. The largest absolute Gasteiger partial charge is 0.351 e. The molecule has 19 heavy (non-hydrogen) atoms. The highest BCUT2D eigenvalue weighted by atomic mass is 32.1. The lowest BCUT2D eigenvalue weighted by Gasteiger charge is -2.01. The van der Waals surface area contributed by atoms with Crippen LogP contribution in [0.3, 0.4) is 0 Å². The second-order valence-electron chi connectivity index (χ2n) is 4.23. The Labute approximate surface area is 115 Å². The summed E-state index contributed by atoms with van der Waals surface area (Å²) in [4.78, 5) is 17.1. The number of amides is 1. The fourth-order valence-electron chi connectivity index (χ4n) is 1.65. The number of thiazole rings is 1. The lowest BCUT2D eigenvalue weighted by Crippen LogP contribution is -2.25. The number of nitrogens with two attached hydrogens (primary N) is 1. The molecule has 0 aliphatic heterocycles. The van der Waals surface area contributed by atoms with Crippen LogP contribution in [-0.2, 0) is 7.05 Å². The number of hydrogen-bond acceptors (Lipinski definition) is 5. The van der Waals surface area contributed by atoms with Gasteiger partial charge in [-0.15, -0.1) is 11.3 Å². The number of carbonyl (C=O) groups is 1. The van der Waals surface area contributed by atoms with Gasteiger partial charge in [-0.05, 0) is 19.9 Å². The van der Waals surface area contributed by atoms with Crippen molar-refractivity contribution in [2.24, 2.45) is 12.8 Å². The Bertz CT molecular complexity index is 574. The summed E-state index contributed by atoms with van der Waals surface area (Å²) in [5.74, 6) is -0.0846. The molecule has 0 atom stereocenters. The third kappa shape index (κ3) is 3.18. The molecule has 0 bridgehead atoms. The van der Waals surface area contributed by atoms with Gasteiger partial charge in [0.05, 0.1) is 11.9 Å². The van der Waals surface area contributed by atoms with Gasteiger partial charge in [-0.25, -0.2) is 4.98 Å². The van der Waals surface area contributed by atoms with Crippen LogP contribution in [0.1, 0.15) is 21.8 Å². The van der Waals surface area contributed by atoms with E-state index in [9.17, 15) is 4.79 Å². The first-order chi connectivity index (χ1) is 9.11. The van der Waals surface area contributed by atoms with Crippen LogP contribution < -0.4 is 11.1 Å². The van der Waals surface area contributed by atoms with Crippen molar-refractivity contribution in [3.05, 3.63) is 23.0 Å². The first kappa shape index (κ1) is 13.7. The number of aryl methyl sites for hydroxylation is 2. The quantitative estimate of drug-likeness (QED) is 0.797. The fourth-order valence-corrected chi connectivity index (χ4v) is 2.60. The van der Waals surface area contributed by atoms with Gasteiger partial charge in [0.2, 0.25) is 0 Å². The first-order valence-corrected chi connectivity index (χ1v) is 6.88. The molecule has 2 aromatic rings. The number of carbonyl (C=O) groups excluding carboxylic acids is 1. The van der Waals surface area contributed by atoms with E-state index in [1.807, 2.05) is 20.2 Å². The average molecular weight is 279 g/mol. The molecule has 0 aliphatic rings. The minimum Gasteiger partial charge on any atom is -0.351 e. The van der Waals surface area contributed by atoms with Gasteiger partial charge in [-0.1, -0.05) is 0 Å². The number of nitrogens with one attached hydrogen (secondary N) is 1. The molecule has 0 aliphatic carbocycles. The summed E-state index contributed by atoms with van der Waals surface area (Å²) in [6, 6.07) is 0. The topological polar surface area (TPSA) is 85.8 Å². The predicted molar refractivity (Wildman–Crippen MR) is 75.1 cm³/mol. The van der Waals surface area contributed by atoms with Crippen molar-refractivity contribution in [2.75, 3.05) is 13.1 Å². The highest BCUT2D eigenvalue weighted by molar-refractivity contribution is 7.17. The molecule has 0 spiro atoms. The van der Waals surface area contributed by atoms with Gasteiger partial charge >= 0.3 is 0 Å². The van der Waals surface area contributed by atoms with Gasteiger partial charge in [-0.3, -0.25) is 9.48 Å². The number of nitrogens with zero attached hydrogens (tertiary/aromatic N) is 3. The van der Waals surface area contributed by atoms with Gasteiger partial charge in [-0.2, -0.15) is 5.10 Å². The number of aromatic nitrogens is 3. The monoisotopic (exact) mass is 279 g/mol. The Kier molecular flexibility index (Phi) is 4.28. The maximum Gasteiger partial charge on any atom is 0.263 e. The second-order valence-corrected chi connectivity index (χ2v) is 5.23. The van der Waals surface area contributed by atoms with E-state index in [1.54, 1.807) is 10.9 Å².